The van der Waals surface area contributed by atoms with Crippen molar-refractivity contribution in [3.63, 3.8) is 0 Å². The number of fused-ring (bicyclic) bond motifs is 2. The molecule has 2 fully saturated rings. The lowest BCUT2D eigenvalue weighted by Crippen LogP contribution is -2.57. The molecule has 0 aromatic carbocycles. The Morgan fingerprint density at radius 3 is 3.07 bits per heavy atom. The third-order valence-corrected chi connectivity index (χ3v) is 5.50. The normalized spacial score (nSPS) is 28.3. The molecule has 4 atom stereocenters. The number of nitrogens with zero attached hydrogens (tertiary/aromatic N) is 1. The second-order valence-corrected chi connectivity index (χ2v) is 7.56. The highest BCUT2D eigenvalue weighted by atomic mass is 19.2. The predicted octanol–water partition coefficient (Wildman–Crippen LogP) is 3.63. The van der Waals surface area contributed by atoms with Gasteiger partial charge in [0.25, 0.3) is 0 Å². The van der Waals surface area contributed by atoms with Crippen LogP contribution in [0, 0.1) is 5.92 Å². The average molecular weight is 385 g/mol. The highest BCUT2D eigenvalue weighted by Crippen LogP contribution is 2.44. The Balaban J connectivity index is 1.49. The van der Waals surface area contributed by atoms with Crippen LogP contribution >= 0.6 is 0 Å². The van der Waals surface area contributed by atoms with Gasteiger partial charge in [-0.05, 0) is 49.7 Å². The Kier molecular flexibility index (Phi) is 6.44. The number of aromatic nitrogens is 1. The number of pyridine rings is 1. The van der Waals surface area contributed by atoms with E-state index < -0.39 is 25.6 Å². The molecule has 3 rings (SSSR count). The van der Waals surface area contributed by atoms with Gasteiger partial charge < -0.3 is 15.4 Å². The molecule has 8 heteroatoms. The average Bonchev–Trinajstić information content (AvgIpc) is 2.68. The summed E-state index contributed by atoms with van der Waals surface area (Å²) in [4.78, 5) is 16.3. The highest BCUT2D eigenvalue weighted by molar-refractivity contribution is 5.74. The molecule has 2 bridgehead atoms. The van der Waals surface area contributed by atoms with Crippen molar-refractivity contribution in [2.24, 2.45) is 5.92 Å². The number of rotatable bonds is 7. The Labute approximate surface area is 157 Å². The third-order valence-electron chi connectivity index (χ3n) is 5.50. The molecule has 2 saturated carbocycles. The molecule has 2 N–H and O–H groups in total. The van der Waals surface area contributed by atoms with Crippen molar-refractivity contribution in [3.05, 3.63) is 23.9 Å². The molecule has 0 saturated heterocycles. The smallest absolute Gasteiger partial charge is 0.315 e. The molecule has 150 valence electrons. The third kappa shape index (κ3) is 5.26. The lowest BCUT2D eigenvalue weighted by molar-refractivity contribution is 0.0522. The summed E-state index contributed by atoms with van der Waals surface area (Å²) in [6.45, 7) is -1.26. The quantitative estimate of drug-likeness (QED) is 0.753. The van der Waals surface area contributed by atoms with Crippen LogP contribution in [-0.2, 0) is 6.54 Å². The molecule has 2 aliphatic rings. The van der Waals surface area contributed by atoms with E-state index in [1.807, 2.05) is 0 Å². The first-order chi connectivity index (χ1) is 13.0. The van der Waals surface area contributed by atoms with Gasteiger partial charge in [0.15, 0.2) is 6.17 Å². The summed E-state index contributed by atoms with van der Waals surface area (Å²) < 4.78 is 44.1. The SMILES string of the molecule is O=C(NCc1ccnc(OCC(F)CF)c1)NC12CCCC(C1)C(F)CC2. The maximum absolute atomic E-state index is 13.9. The topological polar surface area (TPSA) is 63.2 Å². The van der Waals surface area contributed by atoms with Crippen LogP contribution in [0.4, 0.5) is 18.0 Å². The van der Waals surface area contributed by atoms with E-state index in [9.17, 15) is 18.0 Å². The van der Waals surface area contributed by atoms with Crippen molar-refractivity contribution in [3.8, 4) is 5.88 Å². The summed E-state index contributed by atoms with van der Waals surface area (Å²) in [6, 6.07) is 3.00. The predicted molar refractivity (Wildman–Crippen MR) is 94.8 cm³/mol. The van der Waals surface area contributed by atoms with Gasteiger partial charge in [-0.25, -0.2) is 22.9 Å². The monoisotopic (exact) mass is 385 g/mol. The van der Waals surface area contributed by atoms with Gasteiger partial charge in [-0.15, -0.1) is 0 Å². The first kappa shape index (κ1) is 19.8. The van der Waals surface area contributed by atoms with Crippen molar-refractivity contribution in [2.75, 3.05) is 13.3 Å². The van der Waals surface area contributed by atoms with Crippen LogP contribution < -0.4 is 15.4 Å². The van der Waals surface area contributed by atoms with Gasteiger partial charge in [0.1, 0.15) is 19.5 Å². The second kappa shape index (κ2) is 8.80. The van der Waals surface area contributed by atoms with Crippen LogP contribution in [0.25, 0.3) is 0 Å². The molecule has 27 heavy (non-hydrogen) atoms. The van der Waals surface area contributed by atoms with E-state index in [0.717, 1.165) is 24.8 Å². The van der Waals surface area contributed by atoms with Crippen molar-refractivity contribution in [1.29, 1.82) is 0 Å². The summed E-state index contributed by atoms with van der Waals surface area (Å²) in [5.41, 5.74) is 0.433. The fourth-order valence-corrected chi connectivity index (χ4v) is 4.10. The van der Waals surface area contributed by atoms with Gasteiger partial charge in [-0.1, -0.05) is 6.42 Å². The van der Waals surface area contributed by atoms with Gasteiger partial charge in [-0.2, -0.15) is 0 Å². The van der Waals surface area contributed by atoms with Gasteiger partial charge in [0.2, 0.25) is 5.88 Å². The number of ether oxygens (including phenoxy) is 1. The van der Waals surface area contributed by atoms with Gasteiger partial charge in [0, 0.05) is 24.3 Å². The number of nitrogens with one attached hydrogen (secondary N) is 2. The summed E-state index contributed by atoms with van der Waals surface area (Å²) in [7, 11) is 0. The minimum Gasteiger partial charge on any atom is -0.474 e. The molecule has 2 aliphatic carbocycles. The van der Waals surface area contributed by atoms with E-state index >= 15 is 0 Å². The van der Waals surface area contributed by atoms with E-state index in [1.165, 1.54) is 6.20 Å². The van der Waals surface area contributed by atoms with Crippen molar-refractivity contribution in [1.82, 2.24) is 15.6 Å². The molecule has 0 radical (unpaired) electrons. The molecule has 2 amide bonds. The fraction of sp³-hybridized carbons (Fsp3) is 0.684. The summed E-state index contributed by atoms with van der Waals surface area (Å²) in [6.07, 6.45) is 3.65. The summed E-state index contributed by atoms with van der Waals surface area (Å²) >= 11 is 0. The number of amides is 2. The van der Waals surface area contributed by atoms with Crippen LogP contribution in [0.3, 0.4) is 0 Å². The number of hydrogen-bond donors (Lipinski definition) is 2. The summed E-state index contributed by atoms with van der Waals surface area (Å²) in [5.74, 6) is 0.233. The lowest BCUT2D eigenvalue weighted by Gasteiger charge is -2.46. The number of urea groups is 1. The number of hydrogen-bond acceptors (Lipinski definition) is 3. The maximum atomic E-state index is 13.9. The molecular formula is C19H26F3N3O2. The Bertz CT molecular complexity index is 648. The molecule has 0 spiro atoms. The zero-order valence-corrected chi connectivity index (χ0v) is 15.2. The lowest BCUT2D eigenvalue weighted by atomic mass is 9.66. The van der Waals surface area contributed by atoms with E-state index in [-0.39, 0.29) is 29.9 Å². The van der Waals surface area contributed by atoms with Crippen LogP contribution in [-0.4, -0.2) is 42.2 Å². The molecule has 1 heterocycles. The number of carbonyl (C=O) groups excluding carboxylic acids is 1. The standard InChI is InChI=1S/C19H26F3N3O2/c20-10-15(21)12-27-17-8-13(4-7-23-17)11-24-18(26)25-19-5-1-2-14(9-19)16(22)3-6-19/h4,7-8,14-16H,1-3,5-6,9-12H2,(H2,24,25,26). The molecule has 0 aliphatic heterocycles. The Morgan fingerprint density at radius 1 is 1.41 bits per heavy atom. The van der Waals surface area contributed by atoms with E-state index in [0.29, 0.717) is 19.3 Å². The Morgan fingerprint density at radius 2 is 2.26 bits per heavy atom. The molecular weight excluding hydrogens is 359 g/mol. The minimum absolute atomic E-state index is 0.0522. The largest absolute Gasteiger partial charge is 0.474 e. The van der Waals surface area contributed by atoms with E-state index in [2.05, 4.69) is 15.6 Å². The zero-order valence-electron chi connectivity index (χ0n) is 15.2. The van der Waals surface area contributed by atoms with Gasteiger partial charge in [-0.3, -0.25) is 0 Å². The van der Waals surface area contributed by atoms with Gasteiger partial charge >= 0.3 is 6.03 Å². The van der Waals surface area contributed by atoms with Crippen molar-refractivity contribution < 1.29 is 22.7 Å². The molecule has 4 unspecified atom stereocenters. The summed E-state index contributed by atoms with van der Waals surface area (Å²) in [5, 5.41) is 5.86. The zero-order chi connectivity index (χ0) is 19.3. The van der Waals surface area contributed by atoms with Crippen molar-refractivity contribution in [2.45, 2.75) is 63.0 Å². The fourth-order valence-electron chi connectivity index (χ4n) is 4.10. The van der Waals surface area contributed by atoms with Crippen molar-refractivity contribution >= 4 is 6.03 Å². The second-order valence-electron chi connectivity index (χ2n) is 7.56. The first-order valence-electron chi connectivity index (χ1n) is 9.47. The number of carbonyl (C=O) groups is 1. The number of halogens is 3. The highest BCUT2D eigenvalue weighted by Gasteiger charge is 2.44. The molecule has 5 nitrogen and oxygen atoms in total. The van der Waals surface area contributed by atoms with Crippen LogP contribution in [0.2, 0.25) is 0 Å². The minimum atomic E-state index is -1.68. The van der Waals surface area contributed by atoms with Crippen LogP contribution in [0.5, 0.6) is 5.88 Å². The van der Waals surface area contributed by atoms with Gasteiger partial charge in [0.05, 0.1) is 0 Å². The van der Waals surface area contributed by atoms with Crippen LogP contribution in [0.15, 0.2) is 18.3 Å². The Hall–Kier alpha value is -1.99. The van der Waals surface area contributed by atoms with E-state index in [4.69, 9.17) is 4.74 Å². The maximum Gasteiger partial charge on any atom is 0.315 e. The number of alkyl halides is 3. The molecule has 1 aromatic rings. The van der Waals surface area contributed by atoms with E-state index in [1.54, 1.807) is 12.1 Å². The molecule has 1 aromatic heterocycles. The first-order valence-corrected chi connectivity index (χ1v) is 9.47. The van der Waals surface area contributed by atoms with Crippen LogP contribution in [0.1, 0.15) is 44.1 Å².